The van der Waals surface area contributed by atoms with Crippen LogP contribution < -0.4 is 0 Å². The number of aromatic hydroxyl groups is 2. The van der Waals surface area contributed by atoms with Crippen LogP contribution in [0.1, 0.15) is 64.1 Å². The maximum atomic E-state index is 10.2. The van der Waals surface area contributed by atoms with Crippen molar-refractivity contribution in [1.82, 2.24) is 0 Å². The summed E-state index contributed by atoms with van der Waals surface area (Å²) < 4.78 is 0. The van der Waals surface area contributed by atoms with Crippen LogP contribution in [0.4, 0.5) is 0 Å². The molecule has 2 N–H and O–H groups in total. The van der Waals surface area contributed by atoms with E-state index in [2.05, 4.69) is 56.3 Å². The number of phenols is 2. The van der Waals surface area contributed by atoms with E-state index in [1.165, 1.54) is 40.7 Å². The molecule has 1 unspecified atom stereocenters. The Bertz CT molecular complexity index is 1110. The first-order valence-electron chi connectivity index (χ1n) is 11.5. The number of phenolic OH excluding ortho intramolecular Hbond substituents is 2. The van der Waals surface area contributed by atoms with Crippen LogP contribution in [0.25, 0.3) is 0 Å². The fourth-order valence-corrected chi connectivity index (χ4v) is 6.48. The lowest BCUT2D eigenvalue weighted by Gasteiger charge is -2.42. The summed E-state index contributed by atoms with van der Waals surface area (Å²) >= 11 is 0. The van der Waals surface area contributed by atoms with E-state index in [1.807, 2.05) is 26.0 Å². The van der Waals surface area contributed by atoms with E-state index < -0.39 is 0 Å². The smallest absolute Gasteiger partial charge is 0.118 e. The molecule has 0 spiro atoms. The minimum Gasteiger partial charge on any atom is -0.508 e. The Morgan fingerprint density at radius 2 is 1.29 bits per heavy atom. The molecule has 3 aromatic rings. The molecule has 3 aromatic carbocycles. The van der Waals surface area contributed by atoms with Crippen LogP contribution >= 0.6 is 0 Å². The van der Waals surface area contributed by atoms with Crippen LogP contribution in [0.3, 0.4) is 0 Å². The molecule has 2 heteroatoms. The zero-order valence-electron chi connectivity index (χ0n) is 18.9. The maximum absolute atomic E-state index is 10.2. The second-order valence-electron chi connectivity index (χ2n) is 10.1. The standard InChI is InChI=1S/C29H32O2/c1-17-5-7-23(12-18(17)2)29(24-8-10-28(31)20(4)13-24)16-22-14-25(29)15-26(22)21-6-9-27(30)19(3)11-21/h5-13,22,25-26,30-31H,14-16H2,1-4H3/t22-,25-,26-,29?/m1/s1. The summed E-state index contributed by atoms with van der Waals surface area (Å²) in [7, 11) is 0. The first kappa shape index (κ1) is 20.2. The predicted octanol–water partition coefficient (Wildman–Crippen LogP) is 6.83. The van der Waals surface area contributed by atoms with E-state index in [0.29, 0.717) is 29.3 Å². The van der Waals surface area contributed by atoms with Gasteiger partial charge in [-0.1, -0.05) is 42.5 Å². The third-order valence-electron chi connectivity index (χ3n) is 8.36. The lowest BCUT2D eigenvalue weighted by Crippen LogP contribution is -2.36. The molecule has 0 amide bonds. The SMILES string of the molecule is Cc1ccc(C2(c3ccc(O)c(C)c3)C[C@H]3C[C@@H]2C[C@@H]3c2ccc(O)c(C)c2)cc1C. The number of rotatable bonds is 3. The quantitative estimate of drug-likeness (QED) is 0.495. The van der Waals surface area contributed by atoms with Crippen LogP contribution in [-0.2, 0) is 5.41 Å². The molecule has 2 saturated carbocycles. The van der Waals surface area contributed by atoms with Gasteiger partial charge in [0, 0.05) is 5.41 Å². The molecule has 4 atom stereocenters. The minimum atomic E-state index is 0.00402. The van der Waals surface area contributed by atoms with Crippen molar-refractivity contribution in [1.29, 1.82) is 0 Å². The van der Waals surface area contributed by atoms with E-state index in [-0.39, 0.29) is 5.41 Å². The Balaban J connectivity index is 1.59. The topological polar surface area (TPSA) is 40.5 Å². The molecule has 2 fully saturated rings. The van der Waals surface area contributed by atoms with Gasteiger partial charge in [0.25, 0.3) is 0 Å². The van der Waals surface area contributed by atoms with E-state index in [4.69, 9.17) is 0 Å². The van der Waals surface area contributed by atoms with Crippen molar-refractivity contribution >= 4 is 0 Å². The molecular formula is C29H32O2. The van der Waals surface area contributed by atoms with Gasteiger partial charge >= 0.3 is 0 Å². The van der Waals surface area contributed by atoms with E-state index in [1.54, 1.807) is 0 Å². The normalized spacial score (nSPS) is 27.0. The Morgan fingerprint density at radius 3 is 1.87 bits per heavy atom. The number of hydrogen-bond donors (Lipinski definition) is 2. The lowest BCUT2D eigenvalue weighted by atomic mass is 9.61. The fraction of sp³-hybridized carbons (Fsp3) is 0.379. The summed E-state index contributed by atoms with van der Waals surface area (Å²) in [4.78, 5) is 0. The summed E-state index contributed by atoms with van der Waals surface area (Å²) in [6.45, 7) is 8.39. The average molecular weight is 413 g/mol. The van der Waals surface area contributed by atoms with E-state index in [0.717, 1.165) is 17.5 Å². The molecule has 160 valence electrons. The third kappa shape index (κ3) is 3.07. The summed E-state index contributed by atoms with van der Waals surface area (Å²) in [6.07, 6.45) is 3.54. The highest BCUT2D eigenvalue weighted by Gasteiger charge is 2.56. The zero-order chi connectivity index (χ0) is 21.9. The van der Waals surface area contributed by atoms with E-state index in [9.17, 15) is 10.2 Å². The first-order valence-corrected chi connectivity index (χ1v) is 11.5. The molecule has 0 aromatic heterocycles. The molecule has 2 bridgehead atoms. The average Bonchev–Trinajstić information content (AvgIpc) is 3.33. The first-order chi connectivity index (χ1) is 14.8. The summed E-state index contributed by atoms with van der Waals surface area (Å²) in [5.74, 6) is 2.52. The fourth-order valence-electron chi connectivity index (χ4n) is 6.48. The zero-order valence-corrected chi connectivity index (χ0v) is 18.9. The van der Waals surface area contributed by atoms with E-state index >= 15 is 0 Å². The van der Waals surface area contributed by atoms with Gasteiger partial charge in [0.05, 0.1) is 0 Å². The summed E-state index contributed by atoms with van der Waals surface area (Å²) in [5, 5.41) is 20.1. The molecule has 31 heavy (non-hydrogen) atoms. The van der Waals surface area contributed by atoms with Crippen LogP contribution in [0.2, 0.25) is 0 Å². The highest BCUT2D eigenvalue weighted by Crippen LogP contribution is 2.64. The van der Waals surface area contributed by atoms with Gasteiger partial charge in [-0.2, -0.15) is 0 Å². The monoisotopic (exact) mass is 412 g/mol. The van der Waals surface area contributed by atoms with Crippen LogP contribution in [0.5, 0.6) is 11.5 Å². The molecule has 0 radical (unpaired) electrons. The Morgan fingerprint density at radius 1 is 0.677 bits per heavy atom. The van der Waals surface area contributed by atoms with Gasteiger partial charge in [0.2, 0.25) is 0 Å². The predicted molar refractivity (Wildman–Crippen MR) is 126 cm³/mol. The maximum Gasteiger partial charge on any atom is 0.118 e. The van der Waals surface area contributed by atoms with Crippen molar-refractivity contribution in [2.24, 2.45) is 11.8 Å². The molecule has 0 aliphatic heterocycles. The minimum absolute atomic E-state index is 0.00402. The van der Waals surface area contributed by atoms with Gasteiger partial charge in [-0.3, -0.25) is 0 Å². The van der Waals surface area contributed by atoms with Crippen molar-refractivity contribution in [3.63, 3.8) is 0 Å². The second-order valence-corrected chi connectivity index (χ2v) is 10.1. The molecule has 2 aliphatic carbocycles. The summed E-state index contributed by atoms with van der Waals surface area (Å²) in [5.41, 5.74) is 8.75. The Hall–Kier alpha value is -2.74. The third-order valence-corrected chi connectivity index (χ3v) is 8.36. The van der Waals surface area contributed by atoms with Crippen LogP contribution in [0.15, 0.2) is 54.6 Å². The van der Waals surface area contributed by atoms with Crippen molar-refractivity contribution in [3.8, 4) is 11.5 Å². The Labute approximate surface area is 185 Å². The van der Waals surface area contributed by atoms with Gasteiger partial charge < -0.3 is 10.2 Å². The molecule has 0 heterocycles. The lowest BCUT2D eigenvalue weighted by molar-refractivity contribution is 0.293. The molecule has 0 saturated heterocycles. The van der Waals surface area contributed by atoms with Gasteiger partial charge in [-0.15, -0.1) is 0 Å². The highest BCUT2D eigenvalue weighted by atomic mass is 16.3. The van der Waals surface area contributed by atoms with Crippen molar-refractivity contribution in [3.05, 3.63) is 93.5 Å². The van der Waals surface area contributed by atoms with Gasteiger partial charge in [-0.25, -0.2) is 0 Å². The number of aryl methyl sites for hydroxylation is 4. The molecule has 2 aliphatic rings. The van der Waals surface area contributed by atoms with Crippen molar-refractivity contribution < 1.29 is 10.2 Å². The molecular weight excluding hydrogens is 380 g/mol. The van der Waals surface area contributed by atoms with Gasteiger partial charge in [0.1, 0.15) is 11.5 Å². The van der Waals surface area contributed by atoms with Crippen molar-refractivity contribution in [2.75, 3.05) is 0 Å². The molecule has 5 rings (SSSR count). The van der Waals surface area contributed by atoms with Gasteiger partial charge in [0.15, 0.2) is 0 Å². The second kappa shape index (κ2) is 7.15. The van der Waals surface area contributed by atoms with Crippen molar-refractivity contribution in [2.45, 2.75) is 58.3 Å². The highest BCUT2D eigenvalue weighted by molar-refractivity contribution is 5.50. The summed E-state index contributed by atoms with van der Waals surface area (Å²) in [6, 6.07) is 19.4. The van der Waals surface area contributed by atoms with Gasteiger partial charge in [-0.05, 0) is 116 Å². The van der Waals surface area contributed by atoms with Crippen LogP contribution in [0, 0.1) is 39.5 Å². The number of fused-ring (bicyclic) bond motifs is 2. The number of benzene rings is 3. The largest absolute Gasteiger partial charge is 0.508 e. The van der Waals surface area contributed by atoms with Crippen LogP contribution in [-0.4, -0.2) is 10.2 Å². The molecule has 2 nitrogen and oxygen atoms in total. The Kier molecular flexibility index (Phi) is 4.66. The number of hydrogen-bond acceptors (Lipinski definition) is 2.